The molecule has 0 aromatic carbocycles. The van der Waals surface area contributed by atoms with E-state index in [1.807, 2.05) is 18.4 Å². The van der Waals surface area contributed by atoms with E-state index >= 15 is 0 Å². The van der Waals surface area contributed by atoms with Crippen molar-refractivity contribution in [2.75, 3.05) is 6.54 Å². The molecule has 150 valence electrons. The molecule has 0 saturated heterocycles. The SMILES string of the molecule is CCCCn1c(=O)[nH]c(=O)c2c1nc(CCC(=O)NCCC)n2CC(C)C. The van der Waals surface area contributed by atoms with Crippen molar-refractivity contribution in [3.63, 3.8) is 0 Å². The number of hydrogen-bond donors (Lipinski definition) is 2. The molecule has 8 heteroatoms. The summed E-state index contributed by atoms with van der Waals surface area (Å²) < 4.78 is 3.41. The van der Waals surface area contributed by atoms with Crippen LogP contribution >= 0.6 is 0 Å². The zero-order chi connectivity index (χ0) is 20.0. The summed E-state index contributed by atoms with van der Waals surface area (Å²) in [5, 5.41) is 2.86. The van der Waals surface area contributed by atoms with Crippen LogP contribution in [0.2, 0.25) is 0 Å². The lowest BCUT2D eigenvalue weighted by molar-refractivity contribution is -0.121. The van der Waals surface area contributed by atoms with E-state index in [1.165, 1.54) is 4.57 Å². The number of nitrogens with one attached hydrogen (secondary N) is 2. The first-order chi connectivity index (χ1) is 12.9. The highest BCUT2D eigenvalue weighted by atomic mass is 16.2. The Kier molecular flexibility index (Phi) is 7.38. The van der Waals surface area contributed by atoms with E-state index in [-0.39, 0.29) is 5.91 Å². The zero-order valence-electron chi connectivity index (χ0n) is 16.8. The van der Waals surface area contributed by atoms with Gasteiger partial charge in [-0.2, -0.15) is 0 Å². The number of aromatic nitrogens is 4. The van der Waals surface area contributed by atoms with Gasteiger partial charge in [-0.25, -0.2) is 9.78 Å². The first-order valence-corrected chi connectivity index (χ1v) is 9.87. The summed E-state index contributed by atoms with van der Waals surface area (Å²) in [6, 6.07) is 0. The van der Waals surface area contributed by atoms with Crippen molar-refractivity contribution < 1.29 is 4.79 Å². The maximum absolute atomic E-state index is 12.5. The molecule has 0 atom stereocenters. The van der Waals surface area contributed by atoms with Crippen molar-refractivity contribution >= 4 is 17.1 Å². The van der Waals surface area contributed by atoms with E-state index in [0.29, 0.717) is 55.4 Å². The van der Waals surface area contributed by atoms with Gasteiger partial charge in [0.25, 0.3) is 5.56 Å². The summed E-state index contributed by atoms with van der Waals surface area (Å²) in [5.41, 5.74) is -0.00912. The van der Waals surface area contributed by atoms with Crippen LogP contribution in [0.5, 0.6) is 0 Å². The summed E-state index contributed by atoms with van der Waals surface area (Å²) >= 11 is 0. The number of carbonyl (C=O) groups excluding carboxylic acids is 1. The first-order valence-electron chi connectivity index (χ1n) is 9.87. The van der Waals surface area contributed by atoms with Crippen LogP contribution in [-0.4, -0.2) is 31.6 Å². The molecule has 2 N–H and O–H groups in total. The molecule has 0 aliphatic heterocycles. The smallest absolute Gasteiger partial charge is 0.330 e. The van der Waals surface area contributed by atoms with Crippen LogP contribution in [-0.2, 0) is 24.3 Å². The van der Waals surface area contributed by atoms with E-state index in [2.05, 4.69) is 29.1 Å². The minimum atomic E-state index is -0.428. The molecule has 2 rings (SSSR count). The Morgan fingerprint density at radius 2 is 1.93 bits per heavy atom. The highest BCUT2D eigenvalue weighted by molar-refractivity contribution is 5.76. The molecule has 2 aromatic rings. The van der Waals surface area contributed by atoms with E-state index in [1.54, 1.807) is 0 Å². The number of fused-ring (bicyclic) bond motifs is 1. The number of imidazole rings is 1. The number of aryl methyl sites for hydroxylation is 2. The molecule has 0 bridgehead atoms. The molecule has 0 unspecified atom stereocenters. The quantitative estimate of drug-likeness (QED) is 0.659. The van der Waals surface area contributed by atoms with Crippen LogP contribution in [0.3, 0.4) is 0 Å². The van der Waals surface area contributed by atoms with Crippen molar-refractivity contribution in [3.05, 3.63) is 26.7 Å². The van der Waals surface area contributed by atoms with Gasteiger partial charge in [-0.05, 0) is 18.8 Å². The predicted molar refractivity (Wildman–Crippen MR) is 106 cm³/mol. The van der Waals surface area contributed by atoms with E-state index in [0.717, 1.165) is 19.3 Å². The molecule has 0 aliphatic rings. The maximum atomic E-state index is 12.5. The topological polar surface area (TPSA) is 102 Å². The normalized spacial score (nSPS) is 11.4. The molecular formula is C19H31N5O3. The lowest BCUT2D eigenvalue weighted by atomic mass is 10.2. The zero-order valence-corrected chi connectivity index (χ0v) is 16.8. The maximum Gasteiger partial charge on any atom is 0.330 e. The number of hydrogen-bond acceptors (Lipinski definition) is 4. The van der Waals surface area contributed by atoms with Crippen LogP contribution in [0.25, 0.3) is 11.2 Å². The van der Waals surface area contributed by atoms with Crippen LogP contribution in [0.4, 0.5) is 0 Å². The average molecular weight is 377 g/mol. The summed E-state index contributed by atoms with van der Waals surface area (Å²) in [6.07, 6.45) is 3.38. The molecule has 2 aromatic heterocycles. The van der Waals surface area contributed by atoms with Crippen LogP contribution in [0.15, 0.2) is 9.59 Å². The number of H-pyrrole nitrogens is 1. The van der Waals surface area contributed by atoms with Gasteiger partial charge in [0.05, 0.1) is 0 Å². The number of nitrogens with zero attached hydrogens (tertiary/aromatic N) is 3. The molecule has 0 fully saturated rings. The standard InChI is InChI=1S/C19H31N5O3/c1-5-7-11-23-17-16(18(26)22-19(23)27)24(12-13(3)4)14(21-17)8-9-15(25)20-10-6-2/h13H,5-12H2,1-4H3,(H,20,25)(H,22,26,27). The van der Waals surface area contributed by atoms with Gasteiger partial charge in [-0.3, -0.25) is 19.1 Å². The molecule has 27 heavy (non-hydrogen) atoms. The minimum absolute atomic E-state index is 0.0303. The molecule has 0 radical (unpaired) electrons. The van der Waals surface area contributed by atoms with E-state index < -0.39 is 11.2 Å². The van der Waals surface area contributed by atoms with Crippen molar-refractivity contribution in [3.8, 4) is 0 Å². The fraction of sp³-hybridized carbons (Fsp3) is 0.684. The van der Waals surface area contributed by atoms with Crippen LogP contribution < -0.4 is 16.6 Å². The Morgan fingerprint density at radius 3 is 2.56 bits per heavy atom. The average Bonchev–Trinajstić information content (AvgIpc) is 2.96. The second kappa shape index (κ2) is 9.53. The Labute approximate surface area is 159 Å². The Hall–Kier alpha value is -2.38. The van der Waals surface area contributed by atoms with Gasteiger partial charge in [-0.15, -0.1) is 0 Å². The second-order valence-electron chi connectivity index (χ2n) is 7.32. The van der Waals surface area contributed by atoms with Crippen molar-refractivity contribution in [1.82, 2.24) is 24.4 Å². The van der Waals surface area contributed by atoms with Gasteiger partial charge < -0.3 is 9.88 Å². The third kappa shape index (κ3) is 5.08. The van der Waals surface area contributed by atoms with Gasteiger partial charge in [0.15, 0.2) is 11.2 Å². The Morgan fingerprint density at radius 1 is 1.19 bits per heavy atom. The number of aromatic amines is 1. The monoisotopic (exact) mass is 377 g/mol. The predicted octanol–water partition coefficient (Wildman–Crippen LogP) is 1.80. The largest absolute Gasteiger partial charge is 0.356 e. The van der Waals surface area contributed by atoms with Gasteiger partial charge in [0.1, 0.15) is 5.82 Å². The van der Waals surface area contributed by atoms with Crippen molar-refractivity contribution in [1.29, 1.82) is 0 Å². The molecule has 0 aliphatic carbocycles. The fourth-order valence-electron chi connectivity index (χ4n) is 3.07. The Balaban J connectivity index is 2.48. The van der Waals surface area contributed by atoms with Crippen LogP contribution in [0, 0.1) is 5.92 Å². The molecule has 8 nitrogen and oxygen atoms in total. The van der Waals surface area contributed by atoms with Crippen molar-refractivity contribution in [2.24, 2.45) is 5.92 Å². The summed E-state index contributed by atoms with van der Waals surface area (Å²) in [4.78, 5) is 43.8. The summed E-state index contributed by atoms with van der Waals surface area (Å²) in [6.45, 7) is 9.94. The molecule has 0 saturated carbocycles. The minimum Gasteiger partial charge on any atom is -0.356 e. The van der Waals surface area contributed by atoms with Crippen LogP contribution in [0.1, 0.15) is 59.2 Å². The number of amides is 1. The Bertz CT molecular complexity index is 891. The second-order valence-corrected chi connectivity index (χ2v) is 7.32. The third-order valence-electron chi connectivity index (χ3n) is 4.40. The highest BCUT2D eigenvalue weighted by Gasteiger charge is 2.19. The lowest BCUT2D eigenvalue weighted by Crippen LogP contribution is -2.31. The lowest BCUT2D eigenvalue weighted by Gasteiger charge is -2.11. The molecule has 2 heterocycles. The fourth-order valence-corrected chi connectivity index (χ4v) is 3.07. The molecular weight excluding hydrogens is 346 g/mol. The van der Waals surface area contributed by atoms with Crippen molar-refractivity contribution in [2.45, 2.75) is 72.9 Å². The van der Waals surface area contributed by atoms with Gasteiger partial charge in [-0.1, -0.05) is 34.1 Å². The molecule has 1 amide bonds. The van der Waals surface area contributed by atoms with Gasteiger partial charge in [0, 0.05) is 32.5 Å². The summed E-state index contributed by atoms with van der Waals surface area (Å²) in [7, 11) is 0. The summed E-state index contributed by atoms with van der Waals surface area (Å²) in [5.74, 6) is 0.939. The number of unbranched alkanes of at least 4 members (excludes halogenated alkanes) is 1. The van der Waals surface area contributed by atoms with Gasteiger partial charge >= 0.3 is 5.69 Å². The molecule has 0 spiro atoms. The van der Waals surface area contributed by atoms with Gasteiger partial charge in [0.2, 0.25) is 5.91 Å². The number of carbonyl (C=O) groups is 1. The third-order valence-corrected chi connectivity index (χ3v) is 4.40. The number of rotatable bonds is 10. The van der Waals surface area contributed by atoms with E-state index in [4.69, 9.17) is 0 Å². The first kappa shape index (κ1) is 20.9. The highest BCUT2D eigenvalue weighted by Crippen LogP contribution is 2.16. The van der Waals surface area contributed by atoms with E-state index in [9.17, 15) is 14.4 Å².